The van der Waals surface area contributed by atoms with Gasteiger partial charge in [-0.25, -0.2) is 0 Å². The first-order chi connectivity index (χ1) is 12.9. The van der Waals surface area contributed by atoms with Gasteiger partial charge in [-0.15, -0.1) is 0 Å². The summed E-state index contributed by atoms with van der Waals surface area (Å²) < 4.78 is 4.56. The number of rotatable bonds is 13. The third-order valence-corrected chi connectivity index (χ3v) is 5.15. The van der Waals surface area contributed by atoms with E-state index in [-0.39, 0.29) is 36.8 Å². The van der Waals surface area contributed by atoms with Gasteiger partial charge in [0.25, 0.3) is 0 Å². The van der Waals surface area contributed by atoms with E-state index in [1.165, 1.54) is 7.11 Å². The fraction of sp³-hybridized carbons (Fsp3) is 0.762. The SMILES string of the molecule is CCCCC[C@H](O)/C=C/[C@H]1[C@H](O)CC(=O)[C@H]1CC(=O)CCCCC(=O)OC. The lowest BCUT2D eigenvalue weighted by Crippen LogP contribution is -2.22. The van der Waals surface area contributed by atoms with Gasteiger partial charge in [-0.1, -0.05) is 38.3 Å². The fourth-order valence-electron chi connectivity index (χ4n) is 3.49. The van der Waals surface area contributed by atoms with Crippen LogP contribution in [0.15, 0.2) is 12.2 Å². The van der Waals surface area contributed by atoms with E-state index in [0.29, 0.717) is 25.7 Å². The summed E-state index contributed by atoms with van der Waals surface area (Å²) in [6.07, 6.45) is 7.61. The molecule has 0 aliphatic heterocycles. The molecule has 0 aromatic rings. The molecule has 1 saturated carbocycles. The highest BCUT2D eigenvalue weighted by molar-refractivity contribution is 5.90. The highest BCUT2D eigenvalue weighted by atomic mass is 16.5. The Labute approximate surface area is 162 Å². The van der Waals surface area contributed by atoms with Crippen LogP contribution in [0.1, 0.15) is 71.1 Å². The Balaban J connectivity index is 2.49. The topological polar surface area (TPSA) is 101 Å². The molecular weight excluding hydrogens is 348 g/mol. The van der Waals surface area contributed by atoms with Crippen molar-refractivity contribution in [3.63, 3.8) is 0 Å². The van der Waals surface area contributed by atoms with E-state index in [0.717, 1.165) is 19.3 Å². The van der Waals surface area contributed by atoms with Crippen molar-refractivity contribution < 1.29 is 29.3 Å². The Morgan fingerprint density at radius 3 is 2.59 bits per heavy atom. The van der Waals surface area contributed by atoms with Crippen LogP contribution in [-0.2, 0) is 19.1 Å². The van der Waals surface area contributed by atoms with Gasteiger partial charge in [-0.05, 0) is 19.3 Å². The maximum atomic E-state index is 12.2. The molecule has 1 aliphatic rings. The first-order valence-corrected chi connectivity index (χ1v) is 10.0. The van der Waals surface area contributed by atoms with Crippen LogP contribution in [0.25, 0.3) is 0 Å². The molecule has 0 bridgehead atoms. The third-order valence-electron chi connectivity index (χ3n) is 5.15. The number of Topliss-reactive ketones (excluding diaryl/α,β-unsaturated/α-hetero) is 2. The molecule has 1 rings (SSSR count). The summed E-state index contributed by atoms with van der Waals surface area (Å²) in [6.45, 7) is 2.10. The molecule has 2 N–H and O–H groups in total. The molecule has 0 aromatic carbocycles. The van der Waals surface area contributed by atoms with Gasteiger partial charge in [-0.3, -0.25) is 14.4 Å². The zero-order valence-electron chi connectivity index (χ0n) is 16.6. The molecule has 4 atom stereocenters. The van der Waals surface area contributed by atoms with E-state index >= 15 is 0 Å². The molecule has 0 aromatic heterocycles. The maximum Gasteiger partial charge on any atom is 0.305 e. The lowest BCUT2D eigenvalue weighted by molar-refractivity contribution is -0.140. The van der Waals surface area contributed by atoms with E-state index in [2.05, 4.69) is 11.7 Å². The molecule has 0 saturated heterocycles. The molecule has 0 unspecified atom stereocenters. The minimum absolute atomic E-state index is 0.0331. The number of aliphatic hydroxyl groups is 2. The van der Waals surface area contributed by atoms with Crippen molar-refractivity contribution in [1.82, 2.24) is 0 Å². The molecular formula is C21H34O6. The second-order valence-electron chi connectivity index (χ2n) is 7.40. The second-order valence-corrected chi connectivity index (χ2v) is 7.40. The molecule has 154 valence electrons. The Kier molecular flexibility index (Phi) is 11.1. The Morgan fingerprint density at radius 1 is 1.22 bits per heavy atom. The third kappa shape index (κ3) is 8.80. The van der Waals surface area contributed by atoms with E-state index in [1.54, 1.807) is 12.2 Å². The second kappa shape index (κ2) is 12.8. The lowest BCUT2D eigenvalue weighted by atomic mass is 9.88. The normalized spacial score (nSPS) is 23.7. The van der Waals surface area contributed by atoms with Crippen molar-refractivity contribution in [3.05, 3.63) is 12.2 Å². The number of unbranched alkanes of at least 4 members (excludes halogenated alkanes) is 3. The predicted molar refractivity (Wildman–Crippen MR) is 102 cm³/mol. The molecule has 6 heteroatoms. The zero-order valence-corrected chi connectivity index (χ0v) is 16.6. The summed E-state index contributed by atoms with van der Waals surface area (Å²) in [4.78, 5) is 35.4. The first kappa shape index (κ1) is 23.5. The standard InChI is InChI=1S/C21H34O6/c1-3-4-5-8-15(22)11-12-17-18(20(25)14-19(17)24)13-16(23)9-6-7-10-21(26)27-2/h11-12,15,17-19,22,24H,3-10,13-14H2,1-2H3/b12-11+/t15-,17+,18-,19+/m0/s1. The van der Waals surface area contributed by atoms with Crippen LogP contribution in [0, 0.1) is 11.8 Å². The van der Waals surface area contributed by atoms with Gasteiger partial charge in [0.05, 0.1) is 19.3 Å². The molecule has 0 radical (unpaired) electrons. The van der Waals surface area contributed by atoms with Gasteiger partial charge in [0.2, 0.25) is 0 Å². The highest BCUT2D eigenvalue weighted by Gasteiger charge is 2.40. The van der Waals surface area contributed by atoms with Crippen molar-refractivity contribution in [2.24, 2.45) is 11.8 Å². The molecule has 0 spiro atoms. The van der Waals surface area contributed by atoms with Gasteiger partial charge >= 0.3 is 5.97 Å². The van der Waals surface area contributed by atoms with E-state index in [9.17, 15) is 24.6 Å². The zero-order chi connectivity index (χ0) is 20.2. The van der Waals surface area contributed by atoms with Gasteiger partial charge in [-0.2, -0.15) is 0 Å². The molecule has 27 heavy (non-hydrogen) atoms. The number of esters is 1. The van der Waals surface area contributed by atoms with Crippen LogP contribution in [0.2, 0.25) is 0 Å². The monoisotopic (exact) mass is 382 g/mol. The van der Waals surface area contributed by atoms with Crippen LogP contribution >= 0.6 is 0 Å². The first-order valence-electron chi connectivity index (χ1n) is 10.0. The van der Waals surface area contributed by atoms with Crippen molar-refractivity contribution in [2.75, 3.05) is 7.11 Å². The predicted octanol–water partition coefficient (Wildman–Crippen LogP) is 2.74. The Bertz CT molecular complexity index is 513. The number of hydrogen-bond donors (Lipinski definition) is 2. The smallest absolute Gasteiger partial charge is 0.305 e. The molecule has 6 nitrogen and oxygen atoms in total. The quantitative estimate of drug-likeness (QED) is 0.289. The highest BCUT2D eigenvalue weighted by Crippen LogP contribution is 2.33. The van der Waals surface area contributed by atoms with E-state index in [4.69, 9.17) is 0 Å². The van der Waals surface area contributed by atoms with E-state index < -0.39 is 24.0 Å². The summed E-state index contributed by atoms with van der Waals surface area (Å²) in [5.74, 6) is -1.36. The van der Waals surface area contributed by atoms with E-state index in [1.807, 2.05) is 0 Å². The van der Waals surface area contributed by atoms with Crippen molar-refractivity contribution >= 4 is 17.5 Å². The van der Waals surface area contributed by atoms with Gasteiger partial charge in [0.1, 0.15) is 11.6 Å². The summed E-state index contributed by atoms with van der Waals surface area (Å²) in [5, 5.41) is 20.2. The van der Waals surface area contributed by atoms with Crippen molar-refractivity contribution in [2.45, 2.75) is 83.3 Å². The number of hydrogen-bond acceptors (Lipinski definition) is 6. The largest absolute Gasteiger partial charge is 0.469 e. The van der Waals surface area contributed by atoms with Crippen LogP contribution in [-0.4, -0.2) is 47.1 Å². The van der Waals surface area contributed by atoms with Crippen LogP contribution in [0.3, 0.4) is 0 Å². The van der Waals surface area contributed by atoms with Crippen LogP contribution in [0.4, 0.5) is 0 Å². The van der Waals surface area contributed by atoms with Crippen molar-refractivity contribution in [3.8, 4) is 0 Å². The summed E-state index contributed by atoms with van der Waals surface area (Å²) in [6, 6.07) is 0. The summed E-state index contributed by atoms with van der Waals surface area (Å²) in [5.41, 5.74) is 0. The average Bonchev–Trinajstić information content (AvgIpc) is 2.89. The van der Waals surface area contributed by atoms with Gasteiger partial charge in [0.15, 0.2) is 0 Å². The van der Waals surface area contributed by atoms with Crippen molar-refractivity contribution in [1.29, 1.82) is 0 Å². The molecule has 0 amide bonds. The minimum Gasteiger partial charge on any atom is -0.469 e. The Morgan fingerprint density at radius 2 is 1.93 bits per heavy atom. The van der Waals surface area contributed by atoms with Gasteiger partial charge in [0, 0.05) is 37.5 Å². The molecule has 1 fully saturated rings. The van der Waals surface area contributed by atoms with Crippen LogP contribution in [0.5, 0.6) is 0 Å². The summed E-state index contributed by atoms with van der Waals surface area (Å²) in [7, 11) is 1.33. The maximum absolute atomic E-state index is 12.2. The number of carbonyl (C=O) groups excluding carboxylic acids is 3. The Hall–Kier alpha value is -1.53. The number of ketones is 2. The fourth-order valence-corrected chi connectivity index (χ4v) is 3.49. The minimum atomic E-state index is -0.797. The molecule has 1 aliphatic carbocycles. The molecule has 0 heterocycles. The number of methoxy groups -OCH3 is 1. The van der Waals surface area contributed by atoms with Gasteiger partial charge < -0.3 is 14.9 Å². The average molecular weight is 382 g/mol. The number of carbonyl (C=O) groups is 3. The lowest BCUT2D eigenvalue weighted by Gasteiger charge is -2.17. The number of aliphatic hydroxyl groups excluding tert-OH is 2. The number of ether oxygens (including phenoxy) is 1. The summed E-state index contributed by atoms with van der Waals surface area (Å²) >= 11 is 0. The van der Waals surface area contributed by atoms with Crippen LogP contribution < -0.4 is 0 Å².